The smallest absolute Gasteiger partial charge is 0.347 e. The fraction of sp³-hybridized carbons (Fsp3) is 0.636. The Hall–Kier alpha value is -1.37. The van der Waals surface area contributed by atoms with Gasteiger partial charge in [-0.2, -0.15) is 13.2 Å². The molecule has 0 radical (unpaired) electrons. The summed E-state index contributed by atoms with van der Waals surface area (Å²) in [5.41, 5.74) is 0.672. The first-order valence-electron chi connectivity index (χ1n) is 5.79. The molecule has 7 heteroatoms. The first-order chi connectivity index (χ1) is 8.48. The van der Waals surface area contributed by atoms with Crippen LogP contribution in [0.4, 0.5) is 19.0 Å². The van der Waals surface area contributed by atoms with Gasteiger partial charge in [0.2, 0.25) is 0 Å². The number of halogens is 3. The minimum absolute atomic E-state index is 0.246. The van der Waals surface area contributed by atoms with Crippen molar-refractivity contribution in [2.45, 2.75) is 26.6 Å². The summed E-state index contributed by atoms with van der Waals surface area (Å²) in [6, 6.07) is 0. The summed E-state index contributed by atoms with van der Waals surface area (Å²) >= 11 is 0. The molecule has 0 fully saturated rings. The van der Waals surface area contributed by atoms with Crippen molar-refractivity contribution in [1.29, 1.82) is 0 Å². The van der Waals surface area contributed by atoms with Gasteiger partial charge in [-0.1, -0.05) is 6.92 Å². The number of alkyl halides is 3. The van der Waals surface area contributed by atoms with Gasteiger partial charge in [-0.15, -0.1) is 0 Å². The lowest BCUT2D eigenvalue weighted by Crippen LogP contribution is -2.35. The predicted molar refractivity (Wildman–Crippen MR) is 63.4 cm³/mol. The van der Waals surface area contributed by atoms with Gasteiger partial charge in [0.05, 0.1) is 0 Å². The molecular formula is C11H17F3N4. The molecule has 0 atom stereocenters. The monoisotopic (exact) mass is 262 g/mol. The first-order valence-corrected chi connectivity index (χ1v) is 5.79. The summed E-state index contributed by atoms with van der Waals surface area (Å²) in [5.74, 6) is 0.339. The van der Waals surface area contributed by atoms with E-state index < -0.39 is 12.7 Å². The zero-order valence-corrected chi connectivity index (χ0v) is 10.5. The van der Waals surface area contributed by atoms with Gasteiger partial charge in [-0.25, -0.2) is 9.97 Å². The largest absolute Gasteiger partial charge is 0.405 e. The number of rotatable bonds is 6. The van der Waals surface area contributed by atoms with Crippen LogP contribution in [0.5, 0.6) is 0 Å². The molecule has 1 aromatic rings. The minimum atomic E-state index is -4.24. The fourth-order valence-corrected chi connectivity index (χ4v) is 1.57. The molecule has 0 saturated carbocycles. The van der Waals surface area contributed by atoms with Gasteiger partial charge in [0.15, 0.2) is 0 Å². The van der Waals surface area contributed by atoms with E-state index in [1.165, 1.54) is 11.2 Å². The Bertz CT molecular complexity index is 368. The first kappa shape index (κ1) is 14.7. The minimum Gasteiger partial charge on any atom is -0.347 e. The van der Waals surface area contributed by atoms with E-state index in [2.05, 4.69) is 15.3 Å². The zero-order chi connectivity index (χ0) is 13.6. The second-order valence-electron chi connectivity index (χ2n) is 3.78. The van der Waals surface area contributed by atoms with Crippen molar-refractivity contribution in [3.63, 3.8) is 0 Å². The highest BCUT2D eigenvalue weighted by Gasteiger charge is 2.31. The molecule has 0 saturated heterocycles. The third kappa shape index (κ3) is 4.48. The van der Waals surface area contributed by atoms with E-state index in [0.29, 0.717) is 17.9 Å². The van der Waals surface area contributed by atoms with E-state index in [1.807, 2.05) is 6.92 Å². The van der Waals surface area contributed by atoms with Gasteiger partial charge < -0.3 is 10.2 Å². The lowest BCUT2D eigenvalue weighted by molar-refractivity contribution is -0.119. The maximum atomic E-state index is 12.5. The molecular weight excluding hydrogens is 245 g/mol. The number of hydrogen-bond acceptors (Lipinski definition) is 4. The van der Waals surface area contributed by atoms with E-state index in [4.69, 9.17) is 0 Å². The quantitative estimate of drug-likeness (QED) is 0.851. The van der Waals surface area contributed by atoms with Gasteiger partial charge >= 0.3 is 6.18 Å². The molecule has 0 aliphatic rings. The molecule has 0 aliphatic heterocycles. The van der Waals surface area contributed by atoms with Crippen LogP contribution < -0.4 is 10.2 Å². The van der Waals surface area contributed by atoms with E-state index in [-0.39, 0.29) is 6.54 Å². The Kier molecular flexibility index (Phi) is 5.33. The Balaban J connectivity index is 2.90. The van der Waals surface area contributed by atoms with Crippen molar-refractivity contribution in [3.8, 4) is 0 Å². The van der Waals surface area contributed by atoms with Gasteiger partial charge in [0, 0.05) is 24.8 Å². The van der Waals surface area contributed by atoms with Gasteiger partial charge in [-0.05, 0) is 13.5 Å². The van der Waals surface area contributed by atoms with Crippen LogP contribution in [-0.2, 0) is 6.54 Å². The summed E-state index contributed by atoms with van der Waals surface area (Å²) < 4.78 is 37.4. The molecule has 4 nitrogen and oxygen atoms in total. The van der Waals surface area contributed by atoms with Crippen molar-refractivity contribution >= 4 is 5.82 Å². The highest BCUT2D eigenvalue weighted by Crippen LogP contribution is 2.22. The SMILES string of the molecule is CCNCc1cncnc1N(CC)CC(F)(F)F. The normalized spacial score (nSPS) is 11.6. The van der Waals surface area contributed by atoms with Crippen molar-refractivity contribution in [3.05, 3.63) is 18.1 Å². The van der Waals surface area contributed by atoms with Crippen LogP contribution in [0.25, 0.3) is 0 Å². The number of aromatic nitrogens is 2. The van der Waals surface area contributed by atoms with Gasteiger partial charge in [-0.3, -0.25) is 0 Å². The highest BCUT2D eigenvalue weighted by atomic mass is 19.4. The van der Waals surface area contributed by atoms with Crippen molar-refractivity contribution in [2.24, 2.45) is 0 Å². The van der Waals surface area contributed by atoms with Crippen LogP contribution in [0.15, 0.2) is 12.5 Å². The van der Waals surface area contributed by atoms with E-state index >= 15 is 0 Å². The maximum absolute atomic E-state index is 12.5. The van der Waals surface area contributed by atoms with Crippen molar-refractivity contribution in [1.82, 2.24) is 15.3 Å². The molecule has 0 amide bonds. The molecule has 0 unspecified atom stereocenters. The summed E-state index contributed by atoms with van der Waals surface area (Å²) in [7, 11) is 0. The molecule has 1 N–H and O–H groups in total. The second kappa shape index (κ2) is 6.53. The lowest BCUT2D eigenvalue weighted by atomic mass is 10.2. The number of anilines is 1. The zero-order valence-electron chi connectivity index (χ0n) is 10.5. The molecule has 18 heavy (non-hydrogen) atoms. The highest BCUT2D eigenvalue weighted by molar-refractivity contribution is 5.45. The van der Waals surface area contributed by atoms with Crippen LogP contribution in [0.2, 0.25) is 0 Å². The van der Waals surface area contributed by atoms with Crippen LogP contribution in [0.1, 0.15) is 19.4 Å². The summed E-state index contributed by atoms with van der Waals surface area (Å²) in [6.45, 7) is 4.04. The average molecular weight is 262 g/mol. The Morgan fingerprint density at radius 2 is 2.06 bits per heavy atom. The molecule has 1 rings (SSSR count). The molecule has 1 aromatic heterocycles. The van der Waals surface area contributed by atoms with Crippen LogP contribution >= 0.6 is 0 Å². The number of nitrogens with one attached hydrogen (secondary N) is 1. The third-order valence-corrected chi connectivity index (χ3v) is 2.38. The maximum Gasteiger partial charge on any atom is 0.405 e. The molecule has 0 aromatic carbocycles. The Labute approximate surface area is 104 Å². The van der Waals surface area contributed by atoms with Crippen LogP contribution in [0.3, 0.4) is 0 Å². The molecule has 0 bridgehead atoms. The van der Waals surface area contributed by atoms with Crippen LogP contribution in [-0.4, -0.2) is 35.8 Å². The number of hydrogen-bond donors (Lipinski definition) is 1. The van der Waals surface area contributed by atoms with Gasteiger partial charge in [0.1, 0.15) is 18.7 Å². The third-order valence-electron chi connectivity index (χ3n) is 2.38. The number of nitrogens with zero attached hydrogens (tertiary/aromatic N) is 3. The molecule has 0 spiro atoms. The van der Waals surface area contributed by atoms with Gasteiger partial charge in [0.25, 0.3) is 0 Å². The molecule has 102 valence electrons. The van der Waals surface area contributed by atoms with Crippen molar-refractivity contribution in [2.75, 3.05) is 24.5 Å². The van der Waals surface area contributed by atoms with Crippen molar-refractivity contribution < 1.29 is 13.2 Å². The second-order valence-corrected chi connectivity index (χ2v) is 3.78. The predicted octanol–water partition coefficient (Wildman–Crippen LogP) is 1.97. The Morgan fingerprint density at radius 1 is 1.33 bits per heavy atom. The van der Waals surface area contributed by atoms with Crippen LogP contribution in [0, 0.1) is 0 Å². The standard InChI is InChI=1S/C11H17F3N4/c1-3-15-5-9-6-16-8-17-10(9)18(4-2)7-11(12,13)14/h6,8,15H,3-5,7H2,1-2H3. The summed E-state index contributed by atoms with van der Waals surface area (Å²) in [4.78, 5) is 9.02. The lowest BCUT2D eigenvalue weighted by Gasteiger charge is -2.25. The summed E-state index contributed by atoms with van der Waals surface area (Å²) in [5, 5.41) is 3.06. The Morgan fingerprint density at radius 3 is 2.61 bits per heavy atom. The van der Waals surface area contributed by atoms with E-state index in [1.54, 1.807) is 13.1 Å². The average Bonchev–Trinajstić information content (AvgIpc) is 2.33. The van der Waals surface area contributed by atoms with E-state index in [0.717, 1.165) is 6.54 Å². The molecule has 0 aliphatic carbocycles. The fourth-order valence-electron chi connectivity index (χ4n) is 1.57. The van der Waals surface area contributed by atoms with E-state index in [9.17, 15) is 13.2 Å². The summed E-state index contributed by atoms with van der Waals surface area (Å²) in [6.07, 6.45) is -1.43. The molecule has 1 heterocycles. The topological polar surface area (TPSA) is 41.1 Å².